The van der Waals surface area contributed by atoms with Crippen LogP contribution in [0.1, 0.15) is 108 Å². The number of nitrogens with one attached hydrogen (secondary N) is 3. The number of carboxylic acid groups (broad SMARTS) is 1. The van der Waals surface area contributed by atoms with Crippen molar-refractivity contribution in [1.29, 1.82) is 0 Å². The van der Waals surface area contributed by atoms with Crippen molar-refractivity contribution >= 4 is 23.7 Å². The highest BCUT2D eigenvalue weighted by atomic mass is 16.4. The monoisotopic (exact) mass is 684 g/mol. The number of aromatic nitrogens is 2. The summed E-state index contributed by atoms with van der Waals surface area (Å²) in [5, 5.41) is 27.8. The Bertz CT molecular complexity index is 1270. The minimum atomic E-state index is -1.25. The first kappa shape index (κ1) is 41.4. The number of aryl methyl sites for hydroxylation is 3. The fourth-order valence-corrected chi connectivity index (χ4v) is 6.43. The van der Waals surface area contributed by atoms with Gasteiger partial charge in [-0.3, -0.25) is 19.2 Å². The number of aliphatic hydroxyl groups is 1. The molecule has 1 aromatic heterocycles. The number of unbranched alkanes of at least 4 members (excludes halogenated alkanes) is 2. The van der Waals surface area contributed by atoms with Gasteiger partial charge in [0.25, 0.3) is 0 Å². The van der Waals surface area contributed by atoms with Gasteiger partial charge in [-0.1, -0.05) is 63.8 Å². The maximum atomic E-state index is 13.5. The van der Waals surface area contributed by atoms with Crippen LogP contribution in [0.2, 0.25) is 0 Å². The largest absolute Gasteiger partial charge is 0.481 e. The van der Waals surface area contributed by atoms with E-state index in [0.29, 0.717) is 25.8 Å². The Kier molecular flexibility index (Phi) is 19.3. The van der Waals surface area contributed by atoms with Crippen LogP contribution in [-0.4, -0.2) is 74.7 Å². The van der Waals surface area contributed by atoms with Crippen LogP contribution >= 0.6 is 0 Å². The minimum absolute atomic E-state index is 0. The van der Waals surface area contributed by atoms with Crippen LogP contribution < -0.4 is 21.7 Å². The highest BCUT2D eigenvalue weighted by Crippen LogP contribution is 2.26. The third kappa shape index (κ3) is 15.1. The number of imidazole rings is 1. The molecule has 3 atom stereocenters. The van der Waals surface area contributed by atoms with Gasteiger partial charge in [0.2, 0.25) is 17.7 Å². The molecule has 0 saturated heterocycles. The van der Waals surface area contributed by atoms with Gasteiger partial charge in [-0.25, -0.2) is 4.98 Å². The van der Waals surface area contributed by atoms with Crippen molar-refractivity contribution in [3.63, 3.8) is 0 Å². The predicted octanol–water partition coefficient (Wildman–Crippen LogP) is 3.80. The lowest BCUT2D eigenvalue weighted by Crippen LogP contribution is -2.56. The number of carboxylic acids is 1. The zero-order valence-corrected chi connectivity index (χ0v) is 28.5. The van der Waals surface area contributed by atoms with Crippen molar-refractivity contribution in [2.75, 3.05) is 13.2 Å². The molecule has 1 unspecified atom stereocenters. The first-order valence-corrected chi connectivity index (χ1v) is 17.7. The van der Waals surface area contributed by atoms with Crippen LogP contribution in [0.15, 0.2) is 36.7 Å². The molecular weight excluding hydrogens is 624 g/mol. The Hall–Kier alpha value is -3.77. The van der Waals surface area contributed by atoms with Crippen LogP contribution in [0.25, 0.3) is 0 Å². The van der Waals surface area contributed by atoms with Crippen LogP contribution in [0.3, 0.4) is 0 Å². The molecule has 274 valence electrons. The van der Waals surface area contributed by atoms with Gasteiger partial charge in [-0.05, 0) is 81.9 Å². The molecule has 12 heteroatoms. The third-order valence-electron chi connectivity index (χ3n) is 9.28. The fraction of sp³-hybridized carbons (Fsp3) is 0.649. The van der Waals surface area contributed by atoms with Gasteiger partial charge in [0.05, 0.1) is 19.4 Å². The molecule has 3 amide bonds. The standard InChI is InChI=1S/C36H56N6O6.CH4/c1-26-38-20-22-42(26)21-10-8-11-27-15-17-28(18-16-27)23-33(44)39-32(25-43)36(48)40-30(14-7-9-19-37)35(47)41-31(24-34(45)46)29-12-5-3-2-4-6-13-29;/h15-18,20,22,29-32,43H,2-14,19,21,23-25,37H2,1H3,(H,39,44)(H,40,48)(H,41,47)(H,45,46);1H4/t30-,31?,32-;/m0./s1. The molecule has 1 saturated carbocycles. The maximum Gasteiger partial charge on any atom is 0.305 e. The number of aliphatic carboxylic acids is 1. The average molecular weight is 685 g/mol. The molecule has 2 aromatic rings. The highest BCUT2D eigenvalue weighted by Gasteiger charge is 2.31. The van der Waals surface area contributed by atoms with Gasteiger partial charge in [0.1, 0.15) is 17.9 Å². The summed E-state index contributed by atoms with van der Waals surface area (Å²) >= 11 is 0. The van der Waals surface area contributed by atoms with Crippen LogP contribution in [0.4, 0.5) is 0 Å². The minimum Gasteiger partial charge on any atom is -0.481 e. The number of nitrogens with zero attached hydrogens (tertiary/aromatic N) is 2. The first-order chi connectivity index (χ1) is 23.2. The molecule has 0 bridgehead atoms. The van der Waals surface area contributed by atoms with Gasteiger partial charge < -0.3 is 36.5 Å². The topological polar surface area (TPSA) is 189 Å². The Labute approximate surface area is 292 Å². The van der Waals surface area contributed by atoms with E-state index < -0.39 is 48.4 Å². The third-order valence-corrected chi connectivity index (χ3v) is 9.28. The van der Waals surface area contributed by atoms with Gasteiger partial charge in [-0.15, -0.1) is 0 Å². The van der Waals surface area contributed by atoms with Gasteiger partial charge in [-0.2, -0.15) is 0 Å². The number of carbonyl (C=O) groups excluding carboxylic acids is 3. The Morgan fingerprint density at radius 2 is 1.55 bits per heavy atom. The number of amides is 3. The van der Waals surface area contributed by atoms with Crippen LogP contribution in [0.5, 0.6) is 0 Å². The second-order valence-electron chi connectivity index (χ2n) is 13.1. The summed E-state index contributed by atoms with van der Waals surface area (Å²) in [6.07, 6.45) is 15.1. The number of nitrogens with two attached hydrogens (primary N) is 1. The van der Waals surface area contributed by atoms with Crippen molar-refractivity contribution in [1.82, 2.24) is 25.5 Å². The van der Waals surface area contributed by atoms with Gasteiger partial charge >= 0.3 is 5.97 Å². The predicted molar refractivity (Wildman–Crippen MR) is 191 cm³/mol. The van der Waals surface area contributed by atoms with E-state index in [1.165, 1.54) is 12.0 Å². The van der Waals surface area contributed by atoms with Crippen LogP contribution in [0, 0.1) is 12.8 Å². The summed E-state index contributed by atoms with van der Waals surface area (Å²) < 4.78 is 2.14. The van der Waals surface area contributed by atoms with Crippen LogP contribution in [-0.2, 0) is 38.6 Å². The van der Waals surface area contributed by atoms with E-state index in [1.807, 2.05) is 37.4 Å². The highest BCUT2D eigenvalue weighted by molar-refractivity contribution is 5.92. The molecule has 0 spiro atoms. The Balaban J connectivity index is 0.00000833. The summed E-state index contributed by atoms with van der Waals surface area (Å²) in [6, 6.07) is 5.03. The van der Waals surface area contributed by atoms with E-state index >= 15 is 0 Å². The van der Waals surface area contributed by atoms with E-state index in [2.05, 4.69) is 25.5 Å². The molecule has 0 radical (unpaired) electrons. The number of benzene rings is 1. The van der Waals surface area contributed by atoms with Crippen molar-refractivity contribution in [2.45, 2.75) is 135 Å². The quantitative estimate of drug-likeness (QED) is 0.114. The van der Waals surface area contributed by atoms with E-state index in [4.69, 9.17) is 5.73 Å². The number of hydrogen-bond donors (Lipinski definition) is 6. The smallest absolute Gasteiger partial charge is 0.305 e. The van der Waals surface area contributed by atoms with Crippen molar-refractivity contribution in [2.24, 2.45) is 11.7 Å². The van der Waals surface area contributed by atoms with E-state index in [-0.39, 0.29) is 26.2 Å². The number of aliphatic hydroxyl groups excluding tert-OH is 1. The molecule has 1 heterocycles. The van der Waals surface area contributed by atoms with Crippen molar-refractivity contribution < 1.29 is 29.4 Å². The zero-order chi connectivity index (χ0) is 34.7. The zero-order valence-electron chi connectivity index (χ0n) is 28.5. The molecule has 49 heavy (non-hydrogen) atoms. The summed E-state index contributed by atoms with van der Waals surface area (Å²) in [5.41, 5.74) is 7.61. The molecule has 3 rings (SSSR count). The van der Waals surface area contributed by atoms with Gasteiger partial charge in [0, 0.05) is 25.0 Å². The number of carbonyl (C=O) groups is 4. The molecule has 1 fully saturated rings. The lowest BCUT2D eigenvalue weighted by molar-refractivity contribution is -0.138. The summed E-state index contributed by atoms with van der Waals surface area (Å²) in [5.74, 6) is -1.51. The molecule has 12 nitrogen and oxygen atoms in total. The number of hydrogen-bond acceptors (Lipinski definition) is 7. The Morgan fingerprint density at radius 3 is 2.16 bits per heavy atom. The first-order valence-electron chi connectivity index (χ1n) is 17.7. The lowest BCUT2D eigenvalue weighted by atomic mass is 9.84. The SMILES string of the molecule is C.Cc1nccn1CCCCc1ccc(CC(=O)N[C@@H](CO)C(=O)N[C@@H](CCCCN)C(=O)NC(CC(=O)O)C2CCCCCCC2)cc1. The Morgan fingerprint density at radius 1 is 0.898 bits per heavy atom. The molecule has 1 aromatic carbocycles. The lowest BCUT2D eigenvalue weighted by Gasteiger charge is -2.30. The molecular formula is C37H60N6O6. The summed E-state index contributed by atoms with van der Waals surface area (Å²) in [4.78, 5) is 55.6. The molecule has 0 aliphatic heterocycles. The second-order valence-corrected chi connectivity index (χ2v) is 13.1. The maximum absolute atomic E-state index is 13.5. The van der Waals surface area contributed by atoms with E-state index in [0.717, 1.165) is 75.7 Å². The second kappa shape index (κ2) is 22.8. The average Bonchev–Trinajstić information content (AvgIpc) is 3.45. The fourth-order valence-electron chi connectivity index (χ4n) is 6.43. The number of rotatable bonds is 20. The molecule has 1 aliphatic carbocycles. The van der Waals surface area contributed by atoms with Crippen molar-refractivity contribution in [3.8, 4) is 0 Å². The summed E-state index contributed by atoms with van der Waals surface area (Å²) in [7, 11) is 0. The van der Waals surface area contributed by atoms with E-state index in [1.54, 1.807) is 6.20 Å². The van der Waals surface area contributed by atoms with Crippen molar-refractivity contribution in [3.05, 3.63) is 53.6 Å². The molecule has 7 N–H and O–H groups in total. The van der Waals surface area contributed by atoms with Gasteiger partial charge in [0.15, 0.2) is 0 Å². The normalized spacial score (nSPS) is 15.5. The van der Waals surface area contributed by atoms with E-state index in [9.17, 15) is 29.4 Å². The molecule has 1 aliphatic rings. The summed E-state index contributed by atoms with van der Waals surface area (Å²) in [6.45, 7) is 2.70.